The number of hydrogen-bond acceptors (Lipinski definition) is 12. The van der Waals surface area contributed by atoms with Gasteiger partial charge in [-0.1, -0.05) is 23.3 Å². The minimum absolute atomic E-state index is 0.0652. The number of ether oxygens (including phenoxy) is 5. The molecular formula is C44H52N6O7S. The monoisotopic (exact) mass is 808 g/mol. The van der Waals surface area contributed by atoms with E-state index in [4.69, 9.17) is 38.7 Å². The van der Waals surface area contributed by atoms with Gasteiger partial charge >= 0.3 is 0 Å². The van der Waals surface area contributed by atoms with E-state index in [0.717, 1.165) is 19.4 Å². The Morgan fingerprint density at radius 3 is 1.67 bits per heavy atom. The van der Waals surface area contributed by atoms with Crippen LogP contribution in [0.15, 0.2) is 69.7 Å². The van der Waals surface area contributed by atoms with Gasteiger partial charge in [0.15, 0.2) is 23.0 Å². The molecule has 5 heterocycles. The molecule has 58 heavy (non-hydrogen) atoms. The number of carbonyl (C=O) groups is 2. The molecule has 3 aromatic rings. The number of carbonyl (C=O) groups excluding carboxylic acids is 2. The van der Waals surface area contributed by atoms with Crippen molar-refractivity contribution in [2.24, 2.45) is 9.98 Å². The lowest BCUT2D eigenvalue weighted by molar-refractivity contribution is 0.0769. The van der Waals surface area contributed by atoms with Gasteiger partial charge in [-0.25, -0.2) is 0 Å². The van der Waals surface area contributed by atoms with Gasteiger partial charge in [0.05, 0.1) is 60.2 Å². The summed E-state index contributed by atoms with van der Waals surface area (Å²) in [5.74, 6) is 2.10. The highest BCUT2D eigenvalue weighted by molar-refractivity contribution is 7.81. The summed E-state index contributed by atoms with van der Waals surface area (Å²) in [5.41, 5.74) is 5.57. The maximum absolute atomic E-state index is 13.6. The number of methoxy groups -OCH3 is 2. The number of fused-ring (bicyclic) bond motifs is 4. The van der Waals surface area contributed by atoms with Crippen LogP contribution in [0.4, 0.5) is 11.4 Å². The summed E-state index contributed by atoms with van der Waals surface area (Å²) in [7, 11) is 5.13. The van der Waals surface area contributed by atoms with Crippen LogP contribution in [0.25, 0.3) is 0 Å². The van der Waals surface area contributed by atoms with Crippen LogP contribution in [0, 0.1) is 0 Å². The van der Waals surface area contributed by atoms with Gasteiger partial charge in [0.25, 0.3) is 11.8 Å². The fourth-order valence-electron chi connectivity index (χ4n) is 7.74. The van der Waals surface area contributed by atoms with Crippen LogP contribution in [0.3, 0.4) is 0 Å². The molecule has 7 rings (SSSR count). The summed E-state index contributed by atoms with van der Waals surface area (Å²) in [6.07, 6.45) is 9.34. The number of nitrogens with zero attached hydrogens (tertiary/aromatic N) is 6. The molecule has 0 spiro atoms. The number of amides is 2. The zero-order chi connectivity index (χ0) is 41.1. The van der Waals surface area contributed by atoms with Gasteiger partial charge in [-0.2, -0.15) is 12.6 Å². The SMILES string of the molecule is C/C=C1\CC2C=Nc3cc(OCc4cc(OCCN(C)CC(C)(C)S)cc(COc5cc6c(cc5OC)C(=O)N5C/C(=C/C)C[C@H]5C=N6)n4)c(OC)cc3C(=O)N2C1. The van der Waals surface area contributed by atoms with Crippen LogP contribution in [0.1, 0.15) is 72.6 Å². The smallest absolute Gasteiger partial charge is 0.257 e. The van der Waals surface area contributed by atoms with Crippen molar-refractivity contribution < 1.29 is 33.3 Å². The maximum atomic E-state index is 13.6. The molecule has 0 aliphatic carbocycles. The molecule has 0 bridgehead atoms. The number of benzene rings is 2. The van der Waals surface area contributed by atoms with E-state index in [2.05, 4.69) is 43.5 Å². The second-order valence-corrected chi connectivity index (χ2v) is 16.9. The first-order valence-corrected chi connectivity index (χ1v) is 20.0. The summed E-state index contributed by atoms with van der Waals surface area (Å²) in [6.45, 7) is 11.3. The van der Waals surface area contributed by atoms with Crippen LogP contribution in [-0.2, 0) is 13.2 Å². The Labute approximate surface area is 345 Å². The molecule has 306 valence electrons. The molecule has 4 aliphatic rings. The van der Waals surface area contributed by atoms with E-state index in [1.807, 2.05) is 55.3 Å². The van der Waals surface area contributed by atoms with E-state index < -0.39 is 0 Å². The molecule has 2 atom stereocenters. The minimum Gasteiger partial charge on any atom is -0.493 e. The van der Waals surface area contributed by atoms with Gasteiger partial charge in [0.1, 0.15) is 25.6 Å². The lowest BCUT2D eigenvalue weighted by atomic mass is 10.1. The first-order valence-electron chi connectivity index (χ1n) is 19.6. The summed E-state index contributed by atoms with van der Waals surface area (Å²) in [6, 6.07) is 10.4. The molecule has 2 fully saturated rings. The fraction of sp³-hybridized carbons (Fsp3) is 0.432. The van der Waals surface area contributed by atoms with E-state index in [-0.39, 0.29) is 41.9 Å². The zero-order valence-electron chi connectivity index (χ0n) is 34.3. The van der Waals surface area contributed by atoms with Crippen molar-refractivity contribution >= 4 is 48.2 Å². The summed E-state index contributed by atoms with van der Waals surface area (Å²) < 4.78 is 30.2. The molecule has 1 unspecified atom stereocenters. The summed E-state index contributed by atoms with van der Waals surface area (Å²) >= 11 is 4.67. The van der Waals surface area contributed by atoms with Gasteiger partial charge in [-0.3, -0.25) is 24.6 Å². The van der Waals surface area contributed by atoms with Crippen molar-refractivity contribution in [3.8, 4) is 28.7 Å². The number of allylic oxidation sites excluding steroid dienone is 2. The number of thiol groups is 1. The molecule has 0 N–H and O–H groups in total. The molecular weight excluding hydrogens is 757 g/mol. The third-order valence-electron chi connectivity index (χ3n) is 10.7. The average molecular weight is 809 g/mol. The lowest BCUT2D eigenvalue weighted by Gasteiger charge is -2.25. The number of pyridine rings is 1. The van der Waals surface area contributed by atoms with Crippen molar-refractivity contribution in [2.45, 2.75) is 70.6 Å². The van der Waals surface area contributed by atoms with E-state index in [0.29, 0.717) is 88.9 Å². The van der Waals surface area contributed by atoms with Gasteiger partial charge in [0, 0.05) is 67.6 Å². The van der Waals surface area contributed by atoms with Crippen molar-refractivity contribution in [2.75, 3.05) is 54.1 Å². The Balaban J connectivity index is 1.12. The zero-order valence-corrected chi connectivity index (χ0v) is 35.2. The van der Waals surface area contributed by atoms with Crippen molar-refractivity contribution in [3.63, 3.8) is 0 Å². The Morgan fingerprint density at radius 2 is 1.24 bits per heavy atom. The van der Waals surface area contributed by atoms with Gasteiger partial charge < -0.3 is 38.4 Å². The predicted octanol–water partition coefficient (Wildman–Crippen LogP) is 7.03. The Morgan fingerprint density at radius 1 is 0.759 bits per heavy atom. The average Bonchev–Trinajstić information content (AvgIpc) is 3.77. The molecule has 13 nitrogen and oxygen atoms in total. The Hall–Kier alpha value is -5.34. The number of rotatable bonds is 14. The fourth-order valence-corrected chi connectivity index (χ4v) is 7.98. The van der Waals surface area contributed by atoms with Crippen LogP contribution in [0.2, 0.25) is 0 Å². The largest absolute Gasteiger partial charge is 0.493 e. The highest BCUT2D eigenvalue weighted by Crippen LogP contribution is 2.41. The molecule has 1 aromatic heterocycles. The Bertz CT molecular complexity index is 2060. The third-order valence-corrected chi connectivity index (χ3v) is 10.8. The van der Waals surface area contributed by atoms with Crippen LogP contribution in [-0.4, -0.2) is 115 Å². The van der Waals surface area contributed by atoms with Crippen LogP contribution < -0.4 is 23.7 Å². The highest BCUT2D eigenvalue weighted by atomic mass is 32.1. The number of likely N-dealkylation sites (N-methyl/N-ethyl adjacent to an activating group) is 1. The molecule has 4 aliphatic heterocycles. The van der Waals surface area contributed by atoms with Crippen LogP contribution in [0.5, 0.6) is 28.7 Å². The van der Waals surface area contributed by atoms with Crippen molar-refractivity contribution in [1.82, 2.24) is 19.7 Å². The normalized spacial score (nSPS) is 19.9. The first-order chi connectivity index (χ1) is 27.9. The van der Waals surface area contributed by atoms with E-state index in [1.165, 1.54) is 11.1 Å². The van der Waals surface area contributed by atoms with E-state index in [9.17, 15) is 9.59 Å². The van der Waals surface area contributed by atoms with E-state index in [1.54, 1.807) is 38.5 Å². The topological polar surface area (TPSA) is 128 Å². The number of aromatic nitrogens is 1. The first kappa shape index (κ1) is 40.8. The highest BCUT2D eigenvalue weighted by Gasteiger charge is 2.36. The molecule has 2 saturated heterocycles. The number of hydrogen-bond donors (Lipinski definition) is 1. The molecule has 0 radical (unpaired) electrons. The third kappa shape index (κ3) is 9.02. The molecule has 2 amide bonds. The number of aliphatic imine (C=N–C) groups is 2. The maximum Gasteiger partial charge on any atom is 0.257 e. The molecule has 14 heteroatoms. The quantitative estimate of drug-likeness (QED) is 0.135. The van der Waals surface area contributed by atoms with Gasteiger partial charge in [-0.15, -0.1) is 0 Å². The van der Waals surface area contributed by atoms with E-state index >= 15 is 0 Å². The molecule has 0 saturated carbocycles. The lowest BCUT2D eigenvalue weighted by Crippen LogP contribution is -2.35. The molecule has 2 aromatic carbocycles. The van der Waals surface area contributed by atoms with Crippen molar-refractivity contribution in [3.05, 3.63) is 82.2 Å². The standard InChI is InChI=1S/C44H52N6O7S/c1-8-27-12-31-20-45-36-18-40(38(53-6)16-34(36)42(51)49(31)22-27)56-24-29-14-33(55-11-10-48(5)26-44(3,4)58)15-30(47-29)25-57-41-19-37-35(17-39(41)54-7)43(52)50-23-28(9-2)13-32(50)21-46-37/h8-9,14-21,31-32,58H,10-13,22-26H2,1-7H3/b27-8+,28-9+/t31-,32?/m0/s1. The van der Waals surface area contributed by atoms with Gasteiger partial charge in [-0.05, 0) is 59.7 Å². The second kappa shape index (κ2) is 17.3. The minimum atomic E-state index is -0.148. The Kier molecular flexibility index (Phi) is 12.1. The summed E-state index contributed by atoms with van der Waals surface area (Å²) in [5, 5.41) is 0. The van der Waals surface area contributed by atoms with Crippen LogP contribution >= 0.6 is 12.6 Å². The predicted molar refractivity (Wildman–Crippen MR) is 228 cm³/mol. The van der Waals surface area contributed by atoms with Crippen molar-refractivity contribution in [1.29, 1.82) is 0 Å². The second-order valence-electron chi connectivity index (χ2n) is 15.7. The van der Waals surface area contributed by atoms with Gasteiger partial charge in [0.2, 0.25) is 0 Å². The summed E-state index contributed by atoms with van der Waals surface area (Å²) in [4.78, 5) is 47.4.